The first-order valence-electron chi connectivity index (χ1n) is 7.01. The van der Waals surface area contributed by atoms with Crippen LogP contribution in [0.3, 0.4) is 0 Å². The predicted molar refractivity (Wildman–Crippen MR) is 76.9 cm³/mol. The van der Waals surface area contributed by atoms with Gasteiger partial charge in [-0.15, -0.1) is 0 Å². The van der Waals surface area contributed by atoms with E-state index in [4.69, 9.17) is 10.5 Å². The lowest BCUT2D eigenvalue weighted by Crippen LogP contribution is -2.35. The van der Waals surface area contributed by atoms with Gasteiger partial charge in [0.25, 0.3) is 5.91 Å². The topological polar surface area (TPSA) is 84.6 Å². The smallest absolute Gasteiger partial charge is 0.251 e. The molecular formula is C15H22N2O3. The van der Waals surface area contributed by atoms with Crippen molar-refractivity contribution in [2.75, 3.05) is 13.7 Å². The Morgan fingerprint density at radius 3 is 2.95 bits per heavy atom. The number of carbonyl (C=O) groups excluding carboxylic acids is 1. The van der Waals surface area contributed by atoms with Crippen LogP contribution in [-0.2, 0) is 0 Å². The molecule has 1 aliphatic rings. The van der Waals surface area contributed by atoms with Crippen molar-refractivity contribution in [2.24, 2.45) is 11.7 Å². The Bertz CT molecular complexity index is 476. The fraction of sp³-hybridized carbons (Fsp3) is 0.533. The average molecular weight is 278 g/mol. The van der Waals surface area contributed by atoms with E-state index < -0.39 is 0 Å². The van der Waals surface area contributed by atoms with Crippen molar-refractivity contribution in [3.05, 3.63) is 23.8 Å². The summed E-state index contributed by atoms with van der Waals surface area (Å²) in [5, 5.41) is 12.6. The van der Waals surface area contributed by atoms with Crippen LogP contribution in [0, 0.1) is 5.92 Å². The number of carbonyl (C=O) groups is 1. The molecule has 4 N–H and O–H groups in total. The zero-order valence-electron chi connectivity index (χ0n) is 11.8. The van der Waals surface area contributed by atoms with Crippen LogP contribution in [0.1, 0.15) is 36.0 Å². The van der Waals surface area contributed by atoms with Gasteiger partial charge < -0.3 is 20.9 Å². The van der Waals surface area contributed by atoms with E-state index >= 15 is 0 Å². The van der Waals surface area contributed by atoms with Gasteiger partial charge >= 0.3 is 0 Å². The molecule has 2 atom stereocenters. The first kappa shape index (κ1) is 14.7. The molecule has 0 spiro atoms. The summed E-state index contributed by atoms with van der Waals surface area (Å²) in [7, 11) is 1.47. The second-order valence-electron chi connectivity index (χ2n) is 5.39. The van der Waals surface area contributed by atoms with Gasteiger partial charge in [-0.05, 0) is 43.4 Å². The number of ether oxygens (including phenoxy) is 1. The lowest BCUT2D eigenvalue weighted by molar-refractivity contribution is 0.0942. The Hall–Kier alpha value is -1.75. The van der Waals surface area contributed by atoms with Crippen LogP contribution in [0.5, 0.6) is 11.5 Å². The van der Waals surface area contributed by atoms with Crippen LogP contribution in [0.25, 0.3) is 0 Å². The van der Waals surface area contributed by atoms with Crippen molar-refractivity contribution in [3.63, 3.8) is 0 Å². The van der Waals surface area contributed by atoms with Crippen LogP contribution in [-0.4, -0.2) is 30.7 Å². The standard InChI is InChI=1S/C15H22N2O3/c1-20-14-6-5-11(8-13(14)18)15(19)17-9-10-3-2-4-12(16)7-10/h5-6,8,10,12,18H,2-4,7,9,16H2,1H3,(H,17,19). The van der Waals surface area contributed by atoms with Crippen LogP contribution >= 0.6 is 0 Å². The first-order chi connectivity index (χ1) is 9.60. The fourth-order valence-corrected chi connectivity index (χ4v) is 2.69. The SMILES string of the molecule is COc1ccc(C(=O)NCC2CCCC(N)C2)cc1O. The van der Waals surface area contributed by atoms with E-state index in [1.165, 1.54) is 13.2 Å². The molecule has 0 radical (unpaired) electrons. The van der Waals surface area contributed by atoms with Crippen LogP contribution in [0.15, 0.2) is 18.2 Å². The number of phenols is 1. The molecule has 2 unspecified atom stereocenters. The molecule has 5 heteroatoms. The molecule has 0 aliphatic heterocycles. The summed E-state index contributed by atoms with van der Waals surface area (Å²) in [6, 6.07) is 4.90. The molecule has 1 aromatic carbocycles. The zero-order valence-corrected chi connectivity index (χ0v) is 11.8. The normalized spacial score (nSPS) is 22.3. The number of nitrogens with two attached hydrogens (primary N) is 1. The summed E-state index contributed by atoms with van der Waals surface area (Å²) >= 11 is 0. The highest BCUT2D eigenvalue weighted by Crippen LogP contribution is 2.26. The largest absolute Gasteiger partial charge is 0.504 e. The molecule has 5 nitrogen and oxygen atoms in total. The highest BCUT2D eigenvalue weighted by Gasteiger charge is 2.20. The number of phenolic OH excluding ortho intramolecular Hbond substituents is 1. The van der Waals surface area contributed by atoms with E-state index in [1.807, 2.05) is 0 Å². The molecule has 1 fully saturated rings. The number of methoxy groups -OCH3 is 1. The monoisotopic (exact) mass is 278 g/mol. The molecular weight excluding hydrogens is 256 g/mol. The molecule has 0 bridgehead atoms. The van der Waals surface area contributed by atoms with Crippen molar-refractivity contribution < 1.29 is 14.6 Å². The van der Waals surface area contributed by atoms with Gasteiger partial charge in [0.15, 0.2) is 11.5 Å². The quantitative estimate of drug-likeness (QED) is 0.782. The number of aromatic hydroxyl groups is 1. The van der Waals surface area contributed by atoms with Crippen molar-refractivity contribution in [1.82, 2.24) is 5.32 Å². The fourth-order valence-electron chi connectivity index (χ4n) is 2.69. The summed E-state index contributed by atoms with van der Waals surface area (Å²) in [4.78, 5) is 12.0. The van der Waals surface area contributed by atoms with E-state index in [1.54, 1.807) is 12.1 Å². The van der Waals surface area contributed by atoms with Gasteiger partial charge in [-0.3, -0.25) is 4.79 Å². The number of rotatable bonds is 4. The summed E-state index contributed by atoms with van der Waals surface area (Å²) in [6.07, 6.45) is 4.29. The van der Waals surface area contributed by atoms with E-state index in [2.05, 4.69) is 5.32 Å². The minimum Gasteiger partial charge on any atom is -0.504 e. The Balaban J connectivity index is 1.90. The number of hydrogen-bond donors (Lipinski definition) is 3. The Morgan fingerprint density at radius 2 is 2.30 bits per heavy atom. The molecule has 1 amide bonds. The molecule has 110 valence electrons. The van der Waals surface area contributed by atoms with Gasteiger partial charge in [-0.25, -0.2) is 0 Å². The summed E-state index contributed by atoms with van der Waals surface area (Å²) < 4.78 is 4.95. The van der Waals surface area contributed by atoms with Gasteiger partial charge in [0.1, 0.15) is 0 Å². The van der Waals surface area contributed by atoms with Crippen LogP contribution in [0.2, 0.25) is 0 Å². The van der Waals surface area contributed by atoms with Crippen molar-refractivity contribution >= 4 is 5.91 Å². The number of nitrogens with one attached hydrogen (secondary N) is 1. The summed E-state index contributed by atoms with van der Waals surface area (Å²) in [6.45, 7) is 0.638. The number of benzene rings is 1. The Kier molecular flexibility index (Phi) is 4.84. The molecule has 2 rings (SSSR count). The Labute approximate surface area is 119 Å². The maximum Gasteiger partial charge on any atom is 0.251 e. The average Bonchev–Trinajstić information content (AvgIpc) is 2.44. The molecule has 1 aromatic rings. The minimum atomic E-state index is -0.179. The zero-order chi connectivity index (χ0) is 14.5. The van der Waals surface area contributed by atoms with Crippen molar-refractivity contribution in [2.45, 2.75) is 31.7 Å². The predicted octanol–water partition coefficient (Wildman–Crippen LogP) is 1.65. The maximum absolute atomic E-state index is 12.0. The minimum absolute atomic E-state index is 0.0279. The van der Waals surface area contributed by atoms with E-state index in [-0.39, 0.29) is 17.7 Å². The van der Waals surface area contributed by atoms with Crippen molar-refractivity contribution in [1.29, 1.82) is 0 Å². The van der Waals surface area contributed by atoms with Gasteiger partial charge in [-0.1, -0.05) is 6.42 Å². The third kappa shape index (κ3) is 3.63. The van der Waals surface area contributed by atoms with Crippen LogP contribution in [0.4, 0.5) is 0 Å². The molecule has 0 heterocycles. The molecule has 1 aliphatic carbocycles. The molecule has 0 saturated heterocycles. The maximum atomic E-state index is 12.0. The highest BCUT2D eigenvalue weighted by atomic mass is 16.5. The van der Waals surface area contributed by atoms with E-state index in [0.717, 1.165) is 25.7 Å². The lowest BCUT2D eigenvalue weighted by Gasteiger charge is -2.26. The van der Waals surface area contributed by atoms with Gasteiger partial charge in [0.05, 0.1) is 7.11 Å². The number of hydrogen-bond acceptors (Lipinski definition) is 4. The van der Waals surface area contributed by atoms with Gasteiger partial charge in [0.2, 0.25) is 0 Å². The van der Waals surface area contributed by atoms with Gasteiger partial charge in [0, 0.05) is 18.2 Å². The molecule has 1 saturated carbocycles. The number of amides is 1. The third-order valence-electron chi connectivity index (χ3n) is 3.82. The van der Waals surface area contributed by atoms with E-state index in [9.17, 15) is 9.90 Å². The third-order valence-corrected chi connectivity index (χ3v) is 3.82. The summed E-state index contributed by atoms with van der Waals surface area (Å²) in [5.41, 5.74) is 6.37. The van der Waals surface area contributed by atoms with Gasteiger partial charge in [-0.2, -0.15) is 0 Å². The molecule has 0 aromatic heterocycles. The Morgan fingerprint density at radius 1 is 1.50 bits per heavy atom. The summed E-state index contributed by atoms with van der Waals surface area (Å²) in [5.74, 6) is 0.608. The first-order valence-corrected chi connectivity index (χ1v) is 7.01. The second kappa shape index (κ2) is 6.61. The van der Waals surface area contributed by atoms with Crippen molar-refractivity contribution in [3.8, 4) is 11.5 Å². The van der Waals surface area contributed by atoms with E-state index in [0.29, 0.717) is 23.8 Å². The van der Waals surface area contributed by atoms with Crippen LogP contribution < -0.4 is 15.8 Å². The second-order valence-corrected chi connectivity index (χ2v) is 5.39. The highest BCUT2D eigenvalue weighted by molar-refractivity contribution is 5.94. The lowest BCUT2D eigenvalue weighted by atomic mass is 9.86. The molecule has 20 heavy (non-hydrogen) atoms.